The van der Waals surface area contributed by atoms with E-state index >= 15 is 0 Å². The van der Waals surface area contributed by atoms with Gasteiger partial charge in [0.1, 0.15) is 12.1 Å². The summed E-state index contributed by atoms with van der Waals surface area (Å²) >= 11 is 3.43. The van der Waals surface area contributed by atoms with Crippen LogP contribution in [0.15, 0.2) is 28.9 Å². The van der Waals surface area contributed by atoms with Crippen LogP contribution >= 0.6 is 15.9 Å². The van der Waals surface area contributed by atoms with Crippen molar-refractivity contribution in [2.75, 3.05) is 11.9 Å². The zero-order valence-electron chi connectivity index (χ0n) is 17.9. The number of halogens is 1. The molecule has 30 heavy (non-hydrogen) atoms. The van der Waals surface area contributed by atoms with Crippen molar-refractivity contribution in [2.45, 2.75) is 52.9 Å². The van der Waals surface area contributed by atoms with E-state index < -0.39 is 0 Å². The lowest BCUT2D eigenvalue weighted by Crippen LogP contribution is -2.31. The first-order chi connectivity index (χ1) is 14.3. The summed E-state index contributed by atoms with van der Waals surface area (Å²) in [5.74, 6) is 1.86. The van der Waals surface area contributed by atoms with E-state index in [2.05, 4.69) is 64.1 Å². The zero-order chi connectivity index (χ0) is 21.7. The first-order valence-corrected chi connectivity index (χ1v) is 11.3. The second kappa shape index (κ2) is 9.58. The molecule has 0 radical (unpaired) electrons. The molecule has 1 aliphatic rings. The van der Waals surface area contributed by atoms with Gasteiger partial charge in [0, 0.05) is 11.0 Å². The van der Waals surface area contributed by atoms with Crippen molar-refractivity contribution in [1.29, 1.82) is 10.5 Å². The molecule has 1 N–H and O–H groups in total. The summed E-state index contributed by atoms with van der Waals surface area (Å²) in [6.07, 6.45) is 6.85. The Balaban J connectivity index is 1.64. The van der Waals surface area contributed by atoms with E-state index in [0.29, 0.717) is 35.0 Å². The highest BCUT2D eigenvalue weighted by Gasteiger charge is 2.34. The van der Waals surface area contributed by atoms with Crippen LogP contribution in [0.2, 0.25) is 0 Å². The van der Waals surface area contributed by atoms with E-state index in [4.69, 9.17) is 5.26 Å². The van der Waals surface area contributed by atoms with E-state index in [1.165, 1.54) is 19.3 Å². The molecule has 0 bridgehead atoms. The van der Waals surface area contributed by atoms with Crippen molar-refractivity contribution in [3.8, 4) is 12.1 Å². The summed E-state index contributed by atoms with van der Waals surface area (Å²) in [5, 5.41) is 21.8. The molecule has 0 unspecified atom stereocenters. The van der Waals surface area contributed by atoms with Gasteiger partial charge >= 0.3 is 0 Å². The predicted molar refractivity (Wildman–Crippen MR) is 122 cm³/mol. The van der Waals surface area contributed by atoms with Crippen LogP contribution in [0.25, 0.3) is 0 Å². The monoisotopic (exact) mass is 465 g/mol. The van der Waals surface area contributed by atoms with Crippen molar-refractivity contribution in [3.63, 3.8) is 0 Å². The normalized spacial score (nSPS) is 20.2. The molecule has 5 nitrogen and oxygen atoms in total. The van der Waals surface area contributed by atoms with Gasteiger partial charge in [0.25, 0.3) is 0 Å². The summed E-state index contributed by atoms with van der Waals surface area (Å²) < 4.78 is 0.809. The van der Waals surface area contributed by atoms with Crippen molar-refractivity contribution < 1.29 is 0 Å². The van der Waals surface area contributed by atoms with Crippen LogP contribution in [-0.2, 0) is 12.8 Å². The van der Waals surface area contributed by atoms with Gasteiger partial charge in [-0.05, 0) is 83.0 Å². The lowest BCUT2D eigenvalue weighted by molar-refractivity contribution is 0.107. The second-order valence-electron chi connectivity index (χ2n) is 9.01. The molecule has 1 saturated carbocycles. The fraction of sp³-hybridized carbons (Fsp3) is 0.500. The Morgan fingerprint density at radius 2 is 1.97 bits per heavy atom. The van der Waals surface area contributed by atoms with Crippen LogP contribution in [-0.4, -0.2) is 16.5 Å². The molecule has 0 amide bonds. The number of anilines is 1. The molecule has 2 atom stereocenters. The quantitative estimate of drug-likeness (QED) is 0.595. The summed E-state index contributed by atoms with van der Waals surface area (Å²) in [5.41, 5.74) is 3.52. The van der Waals surface area contributed by atoms with Crippen LogP contribution in [0.1, 0.15) is 62.4 Å². The predicted octanol–water partition coefficient (Wildman–Crippen LogP) is 5.64. The number of hydrogen-bond donors (Lipinski definition) is 1. The molecular weight excluding hydrogens is 438 g/mol. The van der Waals surface area contributed by atoms with Crippen LogP contribution in [0.3, 0.4) is 0 Å². The first kappa shape index (κ1) is 22.2. The highest BCUT2D eigenvalue weighted by atomic mass is 79.9. The second-order valence-corrected chi connectivity index (χ2v) is 9.86. The molecule has 6 heteroatoms. The van der Waals surface area contributed by atoms with Gasteiger partial charge in [0.2, 0.25) is 5.95 Å². The smallest absolute Gasteiger partial charge is 0.222 e. The van der Waals surface area contributed by atoms with Gasteiger partial charge in [-0.2, -0.15) is 10.5 Å². The van der Waals surface area contributed by atoms with Crippen molar-refractivity contribution in [1.82, 2.24) is 9.97 Å². The summed E-state index contributed by atoms with van der Waals surface area (Å²) in [4.78, 5) is 9.01. The number of nitrogens with one attached hydrogen (secondary N) is 1. The van der Waals surface area contributed by atoms with E-state index in [0.717, 1.165) is 34.5 Å². The van der Waals surface area contributed by atoms with Gasteiger partial charge in [0.05, 0.1) is 23.0 Å². The summed E-state index contributed by atoms with van der Waals surface area (Å²) in [6, 6.07) is 10.2. The van der Waals surface area contributed by atoms with Crippen LogP contribution in [0.5, 0.6) is 0 Å². The Morgan fingerprint density at radius 1 is 1.20 bits per heavy atom. The van der Waals surface area contributed by atoms with Crippen LogP contribution in [0.4, 0.5) is 5.95 Å². The highest BCUT2D eigenvalue weighted by molar-refractivity contribution is 9.10. The fourth-order valence-corrected chi connectivity index (χ4v) is 4.76. The van der Waals surface area contributed by atoms with Gasteiger partial charge in [-0.3, -0.25) is 0 Å². The van der Waals surface area contributed by atoms with E-state index in [9.17, 15) is 5.26 Å². The highest BCUT2D eigenvalue weighted by Crippen LogP contribution is 2.44. The molecule has 1 fully saturated rings. The number of rotatable bonds is 6. The van der Waals surface area contributed by atoms with Gasteiger partial charge in [-0.1, -0.05) is 26.8 Å². The van der Waals surface area contributed by atoms with Crippen molar-refractivity contribution in [3.05, 3.63) is 51.3 Å². The maximum absolute atomic E-state index is 9.50. The Hall–Kier alpha value is -2.44. The Morgan fingerprint density at radius 3 is 2.63 bits per heavy atom. The lowest BCUT2D eigenvalue weighted by Gasteiger charge is -2.40. The molecular formula is C24H28BrN5. The number of nitrogens with zero attached hydrogens (tertiary/aromatic N) is 4. The number of nitriles is 2. The van der Waals surface area contributed by atoms with E-state index in [1.807, 2.05) is 18.2 Å². The average Bonchev–Trinajstić information content (AvgIpc) is 2.71. The SMILES string of the molecule is C[C@H]1CC[C@@H](Cc2nc(NCCc3ccc(C#N)c(Br)c3)ncc2C#N)CC1(C)C. The van der Waals surface area contributed by atoms with Crippen LogP contribution in [0, 0.1) is 39.9 Å². The Bertz CT molecular complexity index is 986. The third-order valence-electron chi connectivity index (χ3n) is 6.48. The third-order valence-corrected chi connectivity index (χ3v) is 7.13. The van der Waals surface area contributed by atoms with Crippen molar-refractivity contribution >= 4 is 21.9 Å². The van der Waals surface area contributed by atoms with Crippen LogP contribution < -0.4 is 5.32 Å². The molecule has 2 aromatic rings. The number of hydrogen-bond acceptors (Lipinski definition) is 5. The standard InChI is InChI=1S/C24H28BrN5/c1-16-4-5-18(12-24(16,2)3)11-22-20(14-27)15-29-23(30-22)28-9-8-17-6-7-19(13-26)21(25)10-17/h6-7,10,15-16,18H,4-5,8-9,11-12H2,1-3H3,(H,28,29,30)/t16-,18-/m0/s1. The Labute approximate surface area is 187 Å². The maximum atomic E-state index is 9.50. The molecule has 0 spiro atoms. The molecule has 156 valence electrons. The minimum Gasteiger partial charge on any atom is -0.354 e. The summed E-state index contributed by atoms with van der Waals surface area (Å²) in [7, 11) is 0. The first-order valence-electron chi connectivity index (χ1n) is 10.5. The van der Waals surface area contributed by atoms with Gasteiger partial charge < -0.3 is 5.32 Å². The lowest BCUT2D eigenvalue weighted by atomic mass is 9.65. The minimum atomic E-state index is 0.333. The van der Waals surface area contributed by atoms with E-state index in [-0.39, 0.29) is 0 Å². The van der Waals surface area contributed by atoms with Crippen molar-refractivity contribution in [2.24, 2.45) is 17.3 Å². The molecule has 0 aliphatic heterocycles. The molecule has 3 rings (SSSR count). The zero-order valence-corrected chi connectivity index (χ0v) is 19.5. The number of aromatic nitrogens is 2. The molecule has 1 aromatic heterocycles. The average molecular weight is 466 g/mol. The Kier molecular flexibility index (Phi) is 7.10. The largest absolute Gasteiger partial charge is 0.354 e. The molecule has 1 aliphatic carbocycles. The molecule has 1 heterocycles. The number of benzene rings is 1. The van der Waals surface area contributed by atoms with Gasteiger partial charge in [0.15, 0.2) is 0 Å². The topological polar surface area (TPSA) is 85.4 Å². The van der Waals surface area contributed by atoms with E-state index in [1.54, 1.807) is 6.20 Å². The fourth-order valence-electron chi connectivity index (χ4n) is 4.25. The molecule has 0 saturated heterocycles. The summed E-state index contributed by atoms with van der Waals surface area (Å²) in [6.45, 7) is 7.72. The van der Waals surface area contributed by atoms with Gasteiger partial charge in [-0.15, -0.1) is 0 Å². The maximum Gasteiger partial charge on any atom is 0.222 e. The van der Waals surface area contributed by atoms with Gasteiger partial charge in [-0.25, -0.2) is 9.97 Å². The minimum absolute atomic E-state index is 0.333. The third kappa shape index (κ3) is 5.37. The molecule has 1 aromatic carbocycles.